The molecule has 0 N–H and O–H groups in total. The van der Waals surface area contributed by atoms with Crippen LogP contribution < -0.4 is 0 Å². The molecular formula is C8H14N2O. The van der Waals surface area contributed by atoms with Crippen LogP contribution in [0.2, 0.25) is 0 Å². The van der Waals surface area contributed by atoms with E-state index >= 15 is 0 Å². The third kappa shape index (κ3) is 1.60. The Labute approximate surface area is 67.0 Å². The van der Waals surface area contributed by atoms with Crippen molar-refractivity contribution in [1.29, 1.82) is 0 Å². The first-order valence-corrected chi connectivity index (χ1v) is 3.79. The van der Waals surface area contributed by atoms with E-state index in [2.05, 4.69) is 18.9 Å². The molecule has 1 aromatic rings. The van der Waals surface area contributed by atoms with Gasteiger partial charge in [-0.15, -0.1) is 0 Å². The molecule has 1 heterocycles. The molecule has 1 aromatic heterocycles. The first-order valence-electron chi connectivity index (χ1n) is 3.79. The molecule has 0 fully saturated rings. The predicted octanol–water partition coefficient (Wildman–Crippen LogP) is 1.36. The highest BCUT2D eigenvalue weighted by Crippen LogP contribution is 2.07. The van der Waals surface area contributed by atoms with Gasteiger partial charge in [0.2, 0.25) is 0 Å². The van der Waals surface area contributed by atoms with Crippen molar-refractivity contribution in [3.63, 3.8) is 0 Å². The van der Waals surface area contributed by atoms with Crippen LogP contribution in [-0.2, 0) is 17.9 Å². The molecule has 1 rings (SSSR count). The zero-order valence-electron chi connectivity index (χ0n) is 7.29. The van der Waals surface area contributed by atoms with Gasteiger partial charge in [0.1, 0.15) is 0 Å². The normalized spacial score (nSPS) is 10.5. The van der Waals surface area contributed by atoms with Crippen molar-refractivity contribution >= 4 is 0 Å². The molecule has 0 aliphatic carbocycles. The number of ether oxygens (including phenoxy) is 1. The molecule has 0 aliphatic rings. The molecule has 62 valence electrons. The summed E-state index contributed by atoms with van der Waals surface area (Å²) in [5.74, 6) is 0. The largest absolute Gasteiger partial charge is 0.380 e. The van der Waals surface area contributed by atoms with Gasteiger partial charge in [-0.05, 0) is 13.8 Å². The molecule has 3 nitrogen and oxygen atoms in total. The Kier molecular flexibility index (Phi) is 2.65. The predicted molar refractivity (Wildman–Crippen MR) is 43.4 cm³/mol. The Morgan fingerprint density at radius 3 is 2.82 bits per heavy atom. The van der Waals surface area contributed by atoms with Gasteiger partial charge in [0.25, 0.3) is 0 Å². The van der Waals surface area contributed by atoms with E-state index in [9.17, 15) is 0 Å². The van der Waals surface area contributed by atoms with Gasteiger partial charge >= 0.3 is 0 Å². The van der Waals surface area contributed by atoms with Crippen molar-refractivity contribution in [2.24, 2.45) is 0 Å². The molecule has 0 saturated heterocycles. The highest BCUT2D eigenvalue weighted by Gasteiger charge is 2.02. The Morgan fingerprint density at radius 2 is 2.36 bits per heavy atom. The Hall–Kier alpha value is -0.830. The summed E-state index contributed by atoms with van der Waals surface area (Å²) in [4.78, 5) is 0. The van der Waals surface area contributed by atoms with Crippen molar-refractivity contribution in [1.82, 2.24) is 9.78 Å². The summed E-state index contributed by atoms with van der Waals surface area (Å²) < 4.78 is 6.98. The monoisotopic (exact) mass is 154 g/mol. The van der Waals surface area contributed by atoms with Crippen LogP contribution in [0.15, 0.2) is 6.20 Å². The average molecular weight is 154 g/mol. The third-order valence-electron chi connectivity index (χ3n) is 1.80. The van der Waals surface area contributed by atoms with Crippen LogP contribution in [-0.4, -0.2) is 16.9 Å². The van der Waals surface area contributed by atoms with E-state index in [1.807, 2.05) is 10.9 Å². The van der Waals surface area contributed by atoms with Crippen molar-refractivity contribution in [2.75, 3.05) is 7.11 Å². The maximum Gasteiger partial charge on any atom is 0.0746 e. The van der Waals surface area contributed by atoms with Gasteiger partial charge in [-0.3, -0.25) is 4.68 Å². The van der Waals surface area contributed by atoms with Gasteiger partial charge < -0.3 is 4.74 Å². The van der Waals surface area contributed by atoms with Gasteiger partial charge in [0, 0.05) is 24.9 Å². The number of aryl methyl sites for hydroxylation is 1. The van der Waals surface area contributed by atoms with E-state index in [4.69, 9.17) is 4.74 Å². The maximum atomic E-state index is 5.01. The van der Waals surface area contributed by atoms with Gasteiger partial charge in [0.15, 0.2) is 0 Å². The van der Waals surface area contributed by atoms with Crippen molar-refractivity contribution in [3.05, 3.63) is 17.5 Å². The lowest BCUT2D eigenvalue weighted by Crippen LogP contribution is -1.99. The topological polar surface area (TPSA) is 27.1 Å². The molecule has 0 bridgehead atoms. The van der Waals surface area contributed by atoms with Crippen LogP contribution in [0.25, 0.3) is 0 Å². The summed E-state index contributed by atoms with van der Waals surface area (Å²) >= 11 is 0. The molecule has 3 heteroatoms. The minimum absolute atomic E-state index is 0.659. The van der Waals surface area contributed by atoms with E-state index in [-0.39, 0.29) is 0 Å². The summed E-state index contributed by atoms with van der Waals surface area (Å²) in [5.41, 5.74) is 2.38. The quantitative estimate of drug-likeness (QED) is 0.657. The molecule has 0 amide bonds. The summed E-state index contributed by atoms with van der Waals surface area (Å²) in [6.45, 7) is 5.73. The average Bonchev–Trinajstić information content (AvgIpc) is 2.34. The van der Waals surface area contributed by atoms with E-state index in [1.54, 1.807) is 7.11 Å². The second kappa shape index (κ2) is 3.53. The lowest BCUT2D eigenvalue weighted by molar-refractivity contribution is 0.184. The molecule has 0 radical (unpaired) electrons. The number of methoxy groups -OCH3 is 1. The molecule has 0 aromatic carbocycles. The van der Waals surface area contributed by atoms with Crippen LogP contribution >= 0.6 is 0 Å². The lowest BCUT2D eigenvalue weighted by atomic mass is 10.3. The second-order valence-electron chi connectivity index (χ2n) is 2.50. The molecule has 0 saturated carbocycles. The molecule has 11 heavy (non-hydrogen) atoms. The van der Waals surface area contributed by atoms with Crippen molar-refractivity contribution in [3.8, 4) is 0 Å². The smallest absolute Gasteiger partial charge is 0.0746 e. The van der Waals surface area contributed by atoms with Gasteiger partial charge in [-0.2, -0.15) is 5.10 Å². The molecule has 0 spiro atoms. The number of rotatable bonds is 3. The van der Waals surface area contributed by atoms with Crippen LogP contribution in [0.3, 0.4) is 0 Å². The Balaban J connectivity index is 2.82. The minimum Gasteiger partial charge on any atom is -0.380 e. The fourth-order valence-corrected chi connectivity index (χ4v) is 1.10. The fraction of sp³-hybridized carbons (Fsp3) is 0.625. The number of aromatic nitrogens is 2. The molecule has 0 atom stereocenters. The van der Waals surface area contributed by atoms with Crippen LogP contribution in [0.5, 0.6) is 0 Å². The van der Waals surface area contributed by atoms with Crippen molar-refractivity contribution < 1.29 is 4.74 Å². The molecule has 0 unspecified atom stereocenters. The number of nitrogens with zero attached hydrogens (tertiary/aromatic N) is 2. The van der Waals surface area contributed by atoms with E-state index < -0.39 is 0 Å². The first kappa shape index (κ1) is 8.27. The zero-order chi connectivity index (χ0) is 8.27. The van der Waals surface area contributed by atoms with E-state index in [0.717, 1.165) is 6.54 Å². The molecular weight excluding hydrogens is 140 g/mol. The zero-order valence-corrected chi connectivity index (χ0v) is 7.29. The second-order valence-corrected chi connectivity index (χ2v) is 2.50. The van der Waals surface area contributed by atoms with Crippen molar-refractivity contribution in [2.45, 2.75) is 27.0 Å². The van der Waals surface area contributed by atoms with E-state index in [1.165, 1.54) is 11.3 Å². The molecule has 0 aliphatic heterocycles. The number of hydrogen-bond acceptors (Lipinski definition) is 2. The number of hydrogen-bond donors (Lipinski definition) is 0. The summed E-state index contributed by atoms with van der Waals surface area (Å²) in [5, 5.41) is 4.19. The summed E-state index contributed by atoms with van der Waals surface area (Å²) in [6.07, 6.45) is 1.86. The highest BCUT2D eigenvalue weighted by molar-refractivity contribution is 5.14. The Morgan fingerprint density at radius 1 is 1.64 bits per heavy atom. The standard InChI is InChI=1S/C8H14N2O/c1-4-10-7(2)8(5-9-10)6-11-3/h5H,4,6H2,1-3H3. The SMILES string of the molecule is CCn1ncc(COC)c1C. The maximum absolute atomic E-state index is 5.01. The van der Waals surface area contributed by atoms with E-state index in [0.29, 0.717) is 6.61 Å². The van der Waals surface area contributed by atoms with Gasteiger partial charge in [-0.1, -0.05) is 0 Å². The minimum atomic E-state index is 0.659. The summed E-state index contributed by atoms with van der Waals surface area (Å²) in [7, 11) is 1.70. The Bertz CT molecular complexity index is 230. The lowest BCUT2D eigenvalue weighted by Gasteiger charge is -2.00. The van der Waals surface area contributed by atoms with Crippen LogP contribution in [0, 0.1) is 6.92 Å². The first-order chi connectivity index (χ1) is 5.29. The van der Waals surface area contributed by atoms with Crippen LogP contribution in [0.4, 0.5) is 0 Å². The highest BCUT2D eigenvalue weighted by atomic mass is 16.5. The third-order valence-corrected chi connectivity index (χ3v) is 1.80. The van der Waals surface area contributed by atoms with Gasteiger partial charge in [0.05, 0.1) is 12.8 Å². The fourth-order valence-electron chi connectivity index (χ4n) is 1.10. The van der Waals surface area contributed by atoms with Crippen LogP contribution in [0.1, 0.15) is 18.2 Å². The summed E-state index contributed by atoms with van der Waals surface area (Å²) in [6, 6.07) is 0. The van der Waals surface area contributed by atoms with Gasteiger partial charge in [-0.25, -0.2) is 0 Å².